The first-order chi connectivity index (χ1) is 12.2. The van der Waals surface area contributed by atoms with Crippen molar-refractivity contribution in [3.63, 3.8) is 0 Å². The fraction of sp³-hybridized carbons (Fsp3) is 0.444. The summed E-state index contributed by atoms with van der Waals surface area (Å²) in [4.78, 5) is 20.9. The highest BCUT2D eigenvalue weighted by Gasteiger charge is 2.26. The number of carbonyl (C=O) groups excluding carboxylic acids is 1. The first kappa shape index (κ1) is 16.0. The summed E-state index contributed by atoms with van der Waals surface area (Å²) in [5.74, 6) is 1.79. The van der Waals surface area contributed by atoms with Gasteiger partial charge in [-0.1, -0.05) is 6.07 Å². The molecular formula is C18H22N4O3. The van der Waals surface area contributed by atoms with Crippen molar-refractivity contribution in [2.75, 3.05) is 33.0 Å². The number of rotatable bonds is 4. The van der Waals surface area contributed by atoms with Crippen LogP contribution in [0.5, 0.6) is 11.5 Å². The van der Waals surface area contributed by atoms with Crippen molar-refractivity contribution >= 4 is 5.91 Å². The summed E-state index contributed by atoms with van der Waals surface area (Å²) in [5, 5.41) is 0. The van der Waals surface area contributed by atoms with Gasteiger partial charge in [0.05, 0.1) is 6.33 Å². The molecule has 2 aliphatic heterocycles. The zero-order valence-electron chi connectivity index (χ0n) is 14.3. The van der Waals surface area contributed by atoms with Crippen LogP contribution in [-0.2, 0) is 11.3 Å². The Hall–Kier alpha value is -2.54. The number of nitrogens with zero attached hydrogens (tertiary/aromatic N) is 4. The summed E-state index contributed by atoms with van der Waals surface area (Å²) in [6.07, 6.45) is 5.23. The number of aromatic nitrogens is 2. The minimum atomic E-state index is -0.206. The van der Waals surface area contributed by atoms with Crippen LogP contribution in [0, 0.1) is 0 Å². The maximum Gasteiger partial charge on any atom is 0.245 e. The molecule has 0 saturated carbocycles. The van der Waals surface area contributed by atoms with Crippen molar-refractivity contribution in [1.29, 1.82) is 0 Å². The molecule has 0 N–H and O–H groups in total. The summed E-state index contributed by atoms with van der Waals surface area (Å²) in [6, 6.07) is 5.88. The summed E-state index contributed by atoms with van der Waals surface area (Å²) in [5.41, 5.74) is 1.20. The van der Waals surface area contributed by atoms with Crippen LogP contribution in [0.2, 0.25) is 0 Å². The smallest absolute Gasteiger partial charge is 0.245 e. The van der Waals surface area contributed by atoms with Gasteiger partial charge in [-0.25, -0.2) is 4.98 Å². The van der Waals surface area contributed by atoms with E-state index < -0.39 is 0 Å². The highest BCUT2D eigenvalue weighted by molar-refractivity contribution is 5.80. The van der Waals surface area contributed by atoms with E-state index in [1.165, 1.54) is 5.56 Å². The van der Waals surface area contributed by atoms with Crippen LogP contribution in [0.4, 0.5) is 0 Å². The lowest BCUT2D eigenvalue weighted by molar-refractivity contribution is -0.136. The first-order valence-electron chi connectivity index (χ1n) is 8.58. The van der Waals surface area contributed by atoms with Gasteiger partial charge in [-0.15, -0.1) is 0 Å². The van der Waals surface area contributed by atoms with E-state index >= 15 is 0 Å². The molecule has 3 heterocycles. The fourth-order valence-electron chi connectivity index (χ4n) is 3.31. The van der Waals surface area contributed by atoms with Gasteiger partial charge in [-0.05, 0) is 24.6 Å². The van der Waals surface area contributed by atoms with E-state index in [9.17, 15) is 4.79 Å². The molecule has 7 heteroatoms. The Morgan fingerprint density at radius 1 is 1.20 bits per heavy atom. The highest BCUT2D eigenvalue weighted by Crippen LogP contribution is 2.32. The Balaban J connectivity index is 1.31. The molecule has 25 heavy (non-hydrogen) atoms. The Morgan fingerprint density at radius 2 is 2.00 bits per heavy atom. The number of amides is 1. The molecule has 4 rings (SSSR count). The Bertz CT molecular complexity index is 739. The van der Waals surface area contributed by atoms with Gasteiger partial charge in [-0.2, -0.15) is 0 Å². The van der Waals surface area contributed by atoms with Crippen LogP contribution in [0.3, 0.4) is 0 Å². The van der Waals surface area contributed by atoms with Crippen molar-refractivity contribution in [1.82, 2.24) is 19.4 Å². The van der Waals surface area contributed by atoms with E-state index in [1.807, 2.05) is 34.7 Å². The van der Waals surface area contributed by atoms with Gasteiger partial charge in [0.15, 0.2) is 11.5 Å². The molecule has 1 aromatic carbocycles. The minimum absolute atomic E-state index is 0.153. The van der Waals surface area contributed by atoms with E-state index in [2.05, 4.69) is 16.0 Å². The maximum atomic E-state index is 12.6. The van der Waals surface area contributed by atoms with Gasteiger partial charge in [0.1, 0.15) is 6.04 Å². The number of imidazole rings is 1. The van der Waals surface area contributed by atoms with Crippen LogP contribution in [0.25, 0.3) is 0 Å². The van der Waals surface area contributed by atoms with E-state index in [-0.39, 0.29) is 11.9 Å². The third-order valence-electron chi connectivity index (χ3n) is 4.86. The van der Waals surface area contributed by atoms with Crippen LogP contribution in [0.1, 0.15) is 18.5 Å². The van der Waals surface area contributed by atoms with Crippen LogP contribution in [-0.4, -0.2) is 58.2 Å². The van der Waals surface area contributed by atoms with Crippen molar-refractivity contribution < 1.29 is 14.3 Å². The second kappa shape index (κ2) is 6.76. The average Bonchev–Trinajstić information content (AvgIpc) is 3.32. The van der Waals surface area contributed by atoms with Gasteiger partial charge in [-0.3, -0.25) is 9.69 Å². The maximum absolute atomic E-state index is 12.6. The monoisotopic (exact) mass is 342 g/mol. The van der Waals surface area contributed by atoms with Gasteiger partial charge < -0.3 is 18.9 Å². The lowest BCUT2D eigenvalue weighted by atomic mass is 10.1. The summed E-state index contributed by atoms with van der Waals surface area (Å²) < 4.78 is 12.6. The molecule has 0 unspecified atom stereocenters. The topological polar surface area (TPSA) is 59.8 Å². The Kier molecular flexibility index (Phi) is 4.31. The Labute approximate surface area is 146 Å². The minimum Gasteiger partial charge on any atom is -0.454 e. The Morgan fingerprint density at radius 3 is 2.76 bits per heavy atom. The SMILES string of the molecule is C[C@H](C(=O)N1CCN(Cc2ccc3c(c2)OCO3)CC1)n1ccnc1. The van der Waals surface area contributed by atoms with Crippen LogP contribution < -0.4 is 9.47 Å². The first-order valence-corrected chi connectivity index (χ1v) is 8.58. The van der Waals surface area contributed by atoms with E-state index in [4.69, 9.17) is 9.47 Å². The third kappa shape index (κ3) is 3.32. The standard InChI is InChI=1S/C18H22N4O3/c1-14(22-5-4-19-12-22)18(23)21-8-6-20(7-9-21)11-15-2-3-16-17(10-15)25-13-24-16/h2-5,10,12,14H,6-9,11,13H2,1H3/t14-/m1/s1. The largest absolute Gasteiger partial charge is 0.454 e. The van der Waals surface area contributed by atoms with Crippen LogP contribution >= 0.6 is 0 Å². The molecule has 1 atom stereocenters. The highest BCUT2D eigenvalue weighted by atomic mass is 16.7. The number of hydrogen-bond acceptors (Lipinski definition) is 5. The number of benzene rings is 1. The van der Waals surface area contributed by atoms with Gasteiger partial charge in [0.2, 0.25) is 12.7 Å². The summed E-state index contributed by atoms with van der Waals surface area (Å²) in [6.45, 7) is 6.33. The van der Waals surface area contributed by atoms with Gasteiger partial charge in [0, 0.05) is 45.1 Å². The number of hydrogen-bond donors (Lipinski definition) is 0. The molecule has 1 aromatic heterocycles. The lowest BCUT2D eigenvalue weighted by Gasteiger charge is -2.36. The van der Waals surface area contributed by atoms with Gasteiger partial charge in [0.25, 0.3) is 0 Å². The van der Waals surface area contributed by atoms with E-state index in [0.717, 1.165) is 44.2 Å². The van der Waals surface area contributed by atoms with E-state index in [0.29, 0.717) is 6.79 Å². The predicted molar refractivity (Wildman–Crippen MR) is 91.4 cm³/mol. The molecule has 1 fully saturated rings. The van der Waals surface area contributed by atoms with Crippen molar-refractivity contribution in [2.24, 2.45) is 0 Å². The van der Waals surface area contributed by atoms with E-state index in [1.54, 1.807) is 12.5 Å². The normalized spacial score (nSPS) is 18.4. The number of piperazine rings is 1. The molecule has 132 valence electrons. The lowest BCUT2D eigenvalue weighted by Crippen LogP contribution is -2.49. The molecule has 2 aliphatic rings. The molecule has 0 spiro atoms. The molecule has 1 amide bonds. The number of fused-ring (bicyclic) bond motifs is 1. The molecule has 0 aliphatic carbocycles. The summed E-state index contributed by atoms with van der Waals surface area (Å²) >= 11 is 0. The zero-order chi connectivity index (χ0) is 17.2. The fourth-order valence-corrected chi connectivity index (χ4v) is 3.31. The molecule has 7 nitrogen and oxygen atoms in total. The van der Waals surface area contributed by atoms with Crippen molar-refractivity contribution in [2.45, 2.75) is 19.5 Å². The van der Waals surface area contributed by atoms with Crippen molar-refractivity contribution in [3.05, 3.63) is 42.5 Å². The average molecular weight is 342 g/mol. The third-order valence-corrected chi connectivity index (χ3v) is 4.86. The molecule has 0 bridgehead atoms. The van der Waals surface area contributed by atoms with Crippen LogP contribution in [0.15, 0.2) is 36.9 Å². The molecular weight excluding hydrogens is 320 g/mol. The zero-order valence-corrected chi connectivity index (χ0v) is 14.3. The number of ether oxygens (including phenoxy) is 2. The predicted octanol–water partition coefficient (Wildman–Crippen LogP) is 1.52. The number of carbonyl (C=O) groups is 1. The quantitative estimate of drug-likeness (QED) is 0.843. The van der Waals surface area contributed by atoms with Crippen molar-refractivity contribution in [3.8, 4) is 11.5 Å². The second-order valence-electron chi connectivity index (χ2n) is 6.47. The molecule has 0 radical (unpaired) electrons. The van der Waals surface area contributed by atoms with Gasteiger partial charge >= 0.3 is 0 Å². The summed E-state index contributed by atoms with van der Waals surface area (Å²) in [7, 11) is 0. The molecule has 2 aromatic rings. The molecule has 1 saturated heterocycles. The second-order valence-corrected chi connectivity index (χ2v) is 6.47.